The Labute approximate surface area is 160 Å². The molecule has 3 aromatic heterocycles. The summed E-state index contributed by atoms with van der Waals surface area (Å²) in [4.78, 5) is 34.9. The zero-order valence-electron chi connectivity index (χ0n) is 15.7. The lowest BCUT2D eigenvalue weighted by Crippen LogP contribution is -2.35. The zero-order chi connectivity index (χ0) is 19.5. The van der Waals surface area contributed by atoms with Crippen molar-refractivity contribution in [3.63, 3.8) is 0 Å². The number of aromatic nitrogens is 6. The average Bonchev–Trinajstić information content (AvgIpc) is 3.34. The first kappa shape index (κ1) is 18.0. The van der Waals surface area contributed by atoms with E-state index in [1.165, 1.54) is 10.1 Å². The van der Waals surface area contributed by atoms with Gasteiger partial charge in [0.05, 0.1) is 11.8 Å². The first-order chi connectivity index (χ1) is 13.7. The molecule has 0 amide bonds. The van der Waals surface area contributed by atoms with Crippen LogP contribution >= 0.6 is 0 Å². The number of nitrogens with one attached hydrogen (secondary N) is 2. The minimum Gasteiger partial charge on any atom is -0.332 e. The fourth-order valence-electron chi connectivity index (χ4n) is 3.17. The van der Waals surface area contributed by atoms with Gasteiger partial charge in [-0.15, -0.1) is 0 Å². The van der Waals surface area contributed by atoms with Crippen LogP contribution in [0.3, 0.4) is 0 Å². The summed E-state index contributed by atoms with van der Waals surface area (Å²) in [5.74, 6) is 0.516. The van der Waals surface area contributed by atoms with E-state index >= 15 is 0 Å². The highest BCUT2D eigenvalue weighted by Crippen LogP contribution is 2.17. The fraction of sp³-hybridized carbons (Fsp3) is 0.300. The number of imidazole rings is 1. The second-order valence-corrected chi connectivity index (χ2v) is 6.78. The second kappa shape index (κ2) is 7.67. The Kier molecular flexibility index (Phi) is 4.92. The summed E-state index contributed by atoms with van der Waals surface area (Å²) in [7, 11) is 0. The van der Waals surface area contributed by atoms with Crippen LogP contribution in [0.1, 0.15) is 25.3 Å². The second-order valence-electron chi connectivity index (χ2n) is 6.78. The molecule has 144 valence electrons. The van der Waals surface area contributed by atoms with Crippen LogP contribution in [-0.2, 0) is 19.5 Å². The number of hydrogen-bond donors (Lipinski definition) is 2. The lowest BCUT2D eigenvalue weighted by Gasteiger charge is -2.01. The number of fused-ring (bicyclic) bond motifs is 1. The highest BCUT2D eigenvalue weighted by atomic mass is 16.2. The molecule has 0 bridgehead atoms. The molecule has 1 aromatic carbocycles. The molecule has 3 heterocycles. The maximum Gasteiger partial charge on any atom is 0.330 e. The van der Waals surface area contributed by atoms with E-state index < -0.39 is 5.69 Å². The van der Waals surface area contributed by atoms with Gasteiger partial charge in [0.15, 0.2) is 5.65 Å². The van der Waals surface area contributed by atoms with Gasteiger partial charge in [-0.05, 0) is 18.4 Å². The first-order valence-corrected chi connectivity index (χ1v) is 9.45. The predicted molar refractivity (Wildman–Crippen MR) is 107 cm³/mol. The van der Waals surface area contributed by atoms with Crippen LogP contribution in [0, 0.1) is 0 Å². The average molecular weight is 378 g/mol. The van der Waals surface area contributed by atoms with Crippen molar-refractivity contribution in [1.82, 2.24) is 29.3 Å². The van der Waals surface area contributed by atoms with Gasteiger partial charge in [-0.25, -0.2) is 9.78 Å². The van der Waals surface area contributed by atoms with Crippen molar-refractivity contribution >= 4 is 11.2 Å². The minimum atomic E-state index is -0.428. The van der Waals surface area contributed by atoms with E-state index in [1.807, 2.05) is 36.0 Å². The normalized spacial score (nSPS) is 11.3. The Hall–Kier alpha value is -3.42. The van der Waals surface area contributed by atoms with E-state index in [0.29, 0.717) is 17.9 Å². The van der Waals surface area contributed by atoms with Gasteiger partial charge in [-0.3, -0.25) is 19.0 Å². The van der Waals surface area contributed by atoms with Crippen molar-refractivity contribution in [2.24, 2.45) is 0 Å². The van der Waals surface area contributed by atoms with Gasteiger partial charge in [0.2, 0.25) is 0 Å². The molecule has 28 heavy (non-hydrogen) atoms. The molecule has 0 fully saturated rings. The van der Waals surface area contributed by atoms with Crippen LogP contribution in [-0.4, -0.2) is 29.3 Å². The molecular formula is C20H22N6O2. The van der Waals surface area contributed by atoms with Gasteiger partial charge in [0.25, 0.3) is 5.56 Å². The largest absolute Gasteiger partial charge is 0.332 e. The SMILES string of the molecule is CCCCn1c(=O)[nH]c2nc(-c3cnn(CCc4ccccc4)c3)[nH]c2c1=O. The van der Waals surface area contributed by atoms with Crippen LogP contribution in [0.4, 0.5) is 0 Å². The summed E-state index contributed by atoms with van der Waals surface area (Å²) < 4.78 is 3.06. The molecule has 0 unspecified atom stereocenters. The molecule has 0 aliphatic rings. The minimum absolute atomic E-state index is 0.273. The van der Waals surface area contributed by atoms with Crippen LogP contribution in [0.2, 0.25) is 0 Å². The molecule has 0 saturated heterocycles. The number of H-pyrrole nitrogens is 2. The Morgan fingerprint density at radius 3 is 2.68 bits per heavy atom. The highest BCUT2D eigenvalue weighted by molar-refractivity contribution is 5.74. The lowest BCUT2D eigenvalue weighted by molar-refractivity contribution is 0.588. The topological polar surface area (TPSA) is 101 Å². The maximum atomic E-state index is 12.6. The van der Waals surface area contributed by atoms with Crippen LogP contribution in [0.15, 0.2) is 52.3 Å². The van der Waals surface area contributed by atoms with Gasteiger partial charge in [0.1, 0.15) is 11.3 Å². The third-order valence-electron chi connectivity index (χ3n) is 4.75. The van der Waals surface area contributed by atoms with E-state index in [4.69, 9.17) is 0 Å². The van der Waals surface area contributed by atoms with Crippen molar-refractivity contribution in [2.45, 2.75) is 39.3 Å². The standard InChI is InChI=1S/C20H22N6O2/c1-2-3-10-26-19(27)16-18(24-20(26)28)23-17(22-16)15-12-21-25(13-15)11-9-14-7-5-4-6-8-14/h4-8,12-13H,2-3,9-11H2,1H3,(H,22,23)(H,24,28). The summed E-state index contributed by atoms with van der Waals surface area (Å²) in [5, 5.41) is 4.38. The molecule has 0 aliphatic carbocycles. The summed E-state index contributed by atoms with van der Waals surface area (Å²) in [6.07, 6.45) is 6.13. The molecule has 4 rings (SSSR count). The Balaban J connectivity index is 1.59. The molecule has 0 radical (unpaired) electrons. The van der Waals surface area contributed by atoms with E-state index in [9.17, 15) is 9.59 Å². The fourth-order valence-corrected chi connectivity index (χ4v) is 3.17. The van der Waals surface area contributed by atoms with Crippen molar-refractivity contribution in [1.29, 1.82) is 0 Å². The number of unbranched alkanes of at least 4 members (excludes halogenated alkanes) is 1. The summed E-state index contributed by atoms with van der Waals surface area (Å²) >= 11 is 0. The van der Waals surface area contributed by atoms with E-state index in [0.717, 1.165) is 31.4 Å². The van der Waals surface area contributed by atoms with Gasteiger partial charge in [-0.2, -0.15) is 5.10 Å². The molecule has 8 nitrogen and oxygen atoms in total. The maximum absolute atomic E-state index is 12.6. The summed E-state index contributed by atoms with van der Waals surface area (Å²) in [6.45, 7) is 3.15. The van der Waals surface area contributed by atoms with Crippen molar-refractivity contribution in [3.8, 4) is 11.4 Å². The van der Waals surface area contributed by atoms with E-state index in [-0.39, 0.29) is 11.2 Å². The number of aromatic amines is 2. The molecule has 0 atom stereocenters. The van der Waals surface area contributed by atoms with Crippen molar-refractivity contribution in [2.75, 3.05) is 0 Å². The Morgan fingerprint density at radius 2 is 1.89 bits per heavy atom. The van der Waals surface area contributed by atoms with Crippen molar-refractivity contribution < 1.29 is 0 Å². The smallest absolute Gasteiger partial charge is 0.330 e. The molecule has 0 aliphatic heterocycles. The van der Waals surface area contributed by atoms with Crippen molar-refractivity contribution in [3.05, 3.63) is 69.1 Å². The van der Waals surface area contributed by atoms with E-state index in [2.05, 4.69) is 32.2 Å². The molecule has 0 spiro atoms. The molecule has 8 heteroatoms. The Bertz CT molecular complexity index is 1200. The molecule has 2 N–H and O–H groups in total. The zero-order valence-corrected chi connectivity index (χ0v) is 15.7. The summed E-state index contributed by atoms with van der Waals surface area (Å²) in [6, 6.07) is 10.2. The molecule has 0 saturated carbocycles. The van der Waals surface area contributed by atoms with Gasteiger partial charge < -0.3 is 4.98 Å². The third kappa shape index (κ3) is 3.53. The monoisotopic (exact) mass is 378 g/mol. The molecular weight excluding hydrogens is 356 g/mol. The van der Waals surface area contributed by atoms with Crippen LogP contribution < -0.4 is 11.2 Å². The third-order valence-corrected chi connectivity index (χ3v) is 4.75. The van der Waals surface area contributed by atoms with Gasteiger partial charge in [-0.1, -0.05) is 43.7 Å². The number of nitrogens with zero attached hydrogens (tertiary/aromatic N) is 4. The highest BCUT2D eigenvalue weighted by Gasteiger charge is 2.14. The van der Waals surface area contributed by atoms with Gasteiger partial charge >= 0.3 is 5.69 Å². The van der Waals surface area contributed by atoms with Crippen LogP contribution in [0.5, 0.6) is 0 Å². The predicted octanol–water partition coefficient (Wildman–Crippen LogP) is 2.32. The number of rotatable bonds is 7. The van der Waals surface area contributed by atoms with E-state index in [1.54, 1.807) is 6.20 Å². The lowest BCUT2D eigenvalue weighted by atomic mass is 10.1. The number of aryl methyl sites for hydroxylation is 2. The number of hydrogen-bond acceptors (Lipinski definition) is 4. The summed E-state index contributed by atoms with van der Waals surface area (Å²) in [5.41, 5.74) is 1.82. The Morgan fingerprint density at radius 1 is 1.07 bits per heavy atom. The van der Waals surface area contributed by atoms with Crippen LogP contribution in [0.25, 0.3) is 22.6 Å². The molecule has 4 aromatic rings. The van der Waals surface area contributed by atoms with Gasteiger partial charge in [0, 0.05) is 19.3 Å². The number of benzene rings is 1. The first-order valence-electron chi connectivity index (χ1n) is 9.45. The quantitative estimate of drug-likeness (QED) is 0.515.